The number of carboxylic acids is 2. The second kappa shape index (κ2) is 10.8. The van der Waals surface area contributed by atoms with Gasteiger partial charge in [-0.3, -0.25) is 4.79 Å². The van der Waals surface area contributed by atoms with Crippen LogP contribution < -0.4 is 5.32 Å². The highest BCUT2D eigenvalue weighted by atomic mass is 16.4. The van der Waals surface area contributed by atoms with Crippen LogP contribution >= 0.6 is 0 Å². The predicted octanol–water partition coefficient (Wildman–Crippen LogP) is 5.12. The molecule has 2 aliphatic carbocycles. The third kappa shape index (κ3) is 5.47. The number of amides is 1. The lowest BCUT2D eigenvalue weighted by Crippen LogP contribution is -2.37. The van der Waals surface area contributed by atoms with Gasteiger partial charge in [0.1, 0.15) is 5.68 Å². The molecule has 0 bridgehead atoms. The van der Waals surface area contributed by atoms with E-state index in [4.69, 9.17) is 0 Å². The molecule has 0 aromatic heterocycles. The summed E-state index contributed by atoms with van der Waals surface area (Å²) < 4.78 is 0. The van der Waals surface area contributed by atoms with Crippen molar-refractivity contribution in [3.8, 4) is 0 Å². The third-order valence-electron chi connectivity index (χ3n) is 8.13. The Morgan fingerprint density at radius 1 is 0.694 bits per heavy atom. The maximum Gasteiger partial charge on any atom is 0.336 e. The number of fused-ring (bicyclic) bond motifs is 1. The predicted molar refractivity (Wildman–Crippen MR) is 140 cm³/mol. The molecular weight excluding hydrogens is 457 g/mol. The molecule has 0 unspecified atom stereocenters. The summed E-state index contributed by atoms with van der Waals surface area (Å²) in [5, 5.41) is 22.9. The quantitative estimate of drug-likeness (QED) is 0.463. The third-order valence-corrected chi connectivity index (χ3v) is 8.13. The molecule has 2 aromatic carbocycles. The molecule has 7 nitrogen and oxygen atoms in total. The Labute approximate surface area is 211 Å². The summed E-state index contributed by atoms with van der Waals surface area (Å²) in [6.45, 7) is 4.39. The fraction of sp³-hybridized carbons (Fsp3) is 0.500. The summed E-state index contributed by atoms with van der Waals surface area (Å²) >= 11 is 0. The maximum atomic E-state index is 13.5. The smallest absolute Gasteiger partial charge is 0.336 e. The zero-order valence-corrected chi connectivity index (χ0v) is 21.0. The van der Waals surface area contributed by atoms with E-state index in [1.54, 1.807) is 0 Å². The number of nitrogens with one attached hydrogen (secondary N) is 1. The van der Waals surface area contributed by atoms with Crippen molar-refractivity contribution in [3.63, 3.8) is 0 Å². The monoisotopic (exact) mass is 491 g/mol. The van der Waals surface area contributed by atoms with Gasteiger partial charge in [-0.25, -0.2) is 9.59 Å². The van der Waals surface area contributed by atoms with Gasteiger partial charge in [0.05, 0.1) is 11.1 Å². The van der Waals surface area contributed by atoms with Gasteiger partial charge in [0.15, 0.2) is 0 Å². The van der Waals surface area contributed by atoms with Gasteiger partial charge < -0.3 is 20.3 Å². The van der Waals surface area contributed by atoms with Crippen LogP contribution in [-0.4, -0.2) is 47.1 Å². The van der Waals surface area contributed by atoms with Gasteiger partial charge in [0.25, 0.3) is 5.91 Å². The normalized spacial score (nSPS) is 24.2. The van der Waals surface area contributed by atoms with Gasteiger partial charge in [-0.15, -0.1) is 0 Å². The van der Waals surface area contributed by atoms with Gasteiger partial charge in [-0.1, -0.05) is 51.4 Å². The highest BCUT2D eigenvalue weighted by molar-refractivity contribution is 6.79. The van der Waals surface area contributed by atoms with E-state index >= 15 is 0 Å². The van der Waals surface area contributed by atoms with Gasteiger partial charge in [0.2, 0.25) is 7.28 Å². The molecule has 36 heavy (non-hydrogen) atoms. The van der Waals surface area contributed by atoms with Crippen LogP contribution in [-0.2, 0) is 0 Å². The number of hydrogen-bond acceptors (Lipinski definition) is 4. The first-order chi connectivity index (χ1) is 17.2. The molecule has 8 heteroatoms. The summed E-state index contributed by atoms with van der Waals surface area (Å²) in [5.74, 6) is -1.52. The van der Waals surface area contributed by atoms with Crippen molar-refractivity contribution in [2.75, 3.05) is 0 Å². The minimum atomic E-state index is -1.27. The van der Waals surface area contributed by atoms with Crippen molar-refractivity contribution in [3.05, 3.63) is 46.5 Å². The largest absolute Gasteiger partial charge is 0.478 e. The minimum absolute atomic E-state index is 0.0188. The maximum absolute atomic E-state index is 13.5. The van der Waals surface area contributed by atoms with Gasteiger partial charge in [-0.05, 0) is 55.7 Å². The average molecular weight is 491 g/mol. The topological polar surface area (TPSA) is 121 Å². The van der Waals surface area contributed by atoms with Crippen LogP contribution in [0.1, 0.15) is 107 Å². The number of rotatable bonds is 7. The lowest BCUT2D eigenvalue weighted by Gasteiger charge is -2.27. The highest BCUT2D eigenvalue weighted by Gasteiger charge is 2.29. The Balaban J connectivity index is 1.78. The molecule has 3 N–H and O–H groups in total. The summed E-state index contributed by atoms with van der Waals surface area (Å²) in [5.41, 5.74) is -0.299. The molecule has 2 fully saturated rings. The van der Waals surface area contributed by atoms with Crippen LogP contribution in [0, 0.1) is 11.8 Å². The number of benzene rings is 2. The van der Waals surface area contributed by atoms with E-state index in [-0.39, 0.29) is 57.8 Å². The molecule has 190 valence electrons. The molecular formula is C28H34BNO6. The number of hydrogen-bond donors (Lipinski definition) is 3. The molecule has 0 heterocycles. The number of carboxylic acid groups (broad SMARTS) is 2. The van der Waals surface area contributed by atoms with Gasteiger partial charge >= 0.3 is 11.9 Å². The van der Waals surface area contributed by atoms with E-state index in [0.29, 0.717) is 11.8 Å². The molecule has 0 saturated heterocycles. The van der Waals surface area contributed by atoms with E-state index in [1.165, 1.54) is 24.3 Å². The number of aromatic carboxylic acids is 2. The Bertz CT molecular complexity index is 1100. The fourth-order valence-corrected chi connectivity index (χ4v) is 5.85. The van der Waals surface area contributed by atoms with Crippen molar-refractivity contribution in [1.82, 2.24) is 5.32 Å². The van der Waals surface area contributed by atoms with Crippen LogP contribution in [0.5, 0.6) is 0 Å². The summed E-state index contributed by atoms with van der Waals surface area (Å²) in [7, 11) is 0.282. The number of carbonyl (C=O) groups is 4. The van der Waals surface area contributed by atoms with Gasteiger partial charge in [0, 0.05) is 27.9 Å². The molecule has 1 amide bonds. The average Bonchev–Trinajstić information content (AvgIpc) is 2.85. The minimum Gasteiger partial charge on any atom is -0.478 e. The summed E-state index contributed by atoms with van der Waals surface area (Å²) in [6.07, 6.45) is 7.68. The van der Waals surface area contributed by atoms with Crippen molar-refractivity contribution in [2.24, 2.45) is 11.8 Å². The van der Waals surface area contributed by atoms with Crippen molar-refractivity contribution in [1.29, 1.82) is 0 Å². The summed E-state index contributed by atoms with van der Waals surface area (Å²) in [6, 6.07) is 5.40. The van der Waals surface area contributed by atoms with Crippen LogP contribution in [0.4, 0.5) is 0 Å². The molecule has 2 saturated carbocycles. The second-order valence-corrected chi connectivity index (χ2v) is 10.9. The van der Waals surface area contributed by atoms with Crippen molar-refractivity contribution < 1.29 is 29.4 Å². The van der Waals surface area contributed by atoms with E-state index in [2.05, 4.69) is 19.2 Å². The lowest BCUT2D eigenvalue weighted by atomic mass is 9.54. The highest BCUT2D eigenvalue weighted by Crippen LogP contribution is 2.35. The van der Waals surface area contributed by atoms with E-state index in [0.717, 1.165) is 51.4 Å². The molecule has 2 aromatic rings. The van der Waals surface area contributed by atoms with Gasteiger partial charge in [-0.2, -0.15) is 0 Å². The van der Waals surface area contributed by atoms with Crippen LogP contribution in [0.2, 0.25) is 5.82 Å². The van der Waals surface area contributed by atoms with E-state index < -0.39 is 17.8 Å². The van der Waals surface area contributed by atoms with E-state index in [1.807, 2.05) is 0 Å². The zero-order valence-electron chi connectivity index (χ0n) is 21.0. The standard InChI is InChI=1S/C28H34BNO6/c1-15-3-7-17(8-4-15)29-25(31)19-11-13-22(28(35)36)24-20(12-14-21(23(19)24)27(33)34)26(32)30-18-9-5-16(2)6-10-18/h11-18,29H,3-10H2,1-2H3,(H,30,32)(H,33,34)(H,35,36). The van der Waals surface area contributed by atoms with E-state index in [9.17, 15) is 29.4 Å². The zero-order chi connectivity index (χ0) is 26.0. The van der Waals surface area contributed by atoms with Crippen molar-refractivity contribution in [2.45, 2.75) is 77.1 Å². The summed E-state index contributed by atoms with van der Waals surface area (Å²) in [4.78, 5) is 51.1. The van der Waals surface area contributed by atoms with Crippen molar-refractivity contribution >= 4 is 41.6 Å². The fourth-order valence-electron chi connectivity index (χ4n) is 5.85. The lowest BCUT2D eigenvalue weighted by molar-refractivity contribution is 0.0686. The molecule has 0 spiro atoms. The first-order valence-corrected chi connectivity index (χ1v) is 13.1. The first-order valence-electron chi connectivity index (χ1n) is 13.1. The number of carbonyl (C=O) groups excluding carboxylic acids is 2. The van der Waals surface area contributed by atoms with Crippen LogP contribution in [0.25, 0.3) is 10.8 Å². The Hall–Kier alpha value is -3.16. The molecule has 2 aliphatic rings. The van der Waals surface area contributed by atoms with Crippen LogP contribution in [0.15, 0.2) is 24.3 Å². The Morgan fingerprint density at radius 3 is 1.67 bits per heavy atom. The van der Waals surface area contributed by atoms with Crippen LogP contribution in [0.3, 0.4) is 0 Å². The molecule has 0 atom stereocenters. The first kappa shape index (κ1) is 25.9. The molecule has 0 aliphatic heterocycles. The Morgan fingerprint density at radius 2 is 1.14 bits per heavy atom. The Kier molecular flexibility index (Phi) is 7.81. The SMILES string of the molecule is CC1CCC(BC(=O)c2ccc(C(=O)O)c3c(C(=O)NC4CCC(C)CC4)ccc(C(=O)O)c23)CC1. The molecule has 4 rings (SSSR count). The molecule has 0 radical (unpaired) electrons. The second-order valence-electron chi connectivity index (χ2n) is 10.9.